The summed E-state index contributed by atoms with van der Waals surface area (Å²) >= 11 is 0. The summed E-state index contributed by atoms with van der Waals surface area (Å²) in [5.41, 5.74) is 0. The summed E-state index contributed by atoms with van der Waals surface area (Å²) in [6.07, 6.45) is 11.5. The molecule has 0 saturated heterocycles. The zero-order chi connectivity index (χ0) is 7.66. The van der Waals surface area contributed by atoms with Crippen molar-refractivity contribution in [3.05, 3.63) is 0 Å². The molecule has 72 valence electrons. The Kier molecular flexibility index (Phi) is 16.7. The maximum Gasteiger partial charge on any atom is 0 e. The van der Waals surface area contributed by atoms with Crippen LogP contribution in [0.2, 0.25) is 0 Å². The Labute approximate surface area is 82.1 Å². The first-order valence-electron chi connectivity index (χ1n) is 4.91. The molecule has 11 heavy (non-hydrogen) atoms. The van der Waals surface area contributed by atoms with Gasteiger partial charge in [0.2, 0.25) is 0 Å². The minimum absolute atomic E-state index is 0. The summed E-state index contributed by atoms with van der Waals surface area (Å²) in [5.74, 6) is 0. The van der Waals surface area contributed by atoms with Crippen LogP contribution in [0.3, 0.4) is 0 Å². The van der Waals surface area contributed by atoms with Crippen LogP contribution in [0.5, 0.6) is 0 Å². The first-order chi connectivity index (χ1) is 4.91. The van der Waals surface area contributed by atoms with Gasteiger partial charge in [-0.05, 0) is 0 Å². The largest absolute Gasteiger partial charge is 0.0654 e. The van der Waals surface area contributed by atoms with Crippen LogP contribution in [0.1, 0.15) is 65.2 Å². The molecule has 0 fully saturated rings. The smallest absolute Gasteiger partial charge is 0 e. The fourth-order valence-electron chi connectivity index (χ4n) is 1.21. The van der Waals surface area contributed by atoms with Gasteiger partial charge in [-0.3, -0.25) is 0 Å². The summed E-state index contributed by atoms with van der Waals surface area (Å²) in [6.45, 7) is 4.54. The van der Waals surface area contributed by atoms with Crippen molar-refractivity contribution < 1.29 is 16.5 Å². The van der Waals surface area contributed by atoms with Crippen LogP contribution in [0.4, 0.5) is 0 Å². The Morgan fingerprint density at radius 3 is 1.09 bits per heavy atom. The first-order valence-corrected chi connectivity index (χ1v) is 4.91. The van der Waals surface area contributed by atoms with E-state index in [1.165, 1.54) is 51.4 Å². The maximum atomic E-state index is 2.27. The monoisotopic (exact) mass is 200 g/mol. The van der Waals surface area contributed by atoms with E-state index in [0.717, 1.165) is 0 Å². The third-order valence-electron chi connectivity index (χ3n) is 1.96. The van der Waals surface area contributed by atoms with Crippen molar-refractivity contribution in [3.63, 3.8) is 0 Å². The molecule has 0 aromatic carbocycles. The van der Waals surface area contributed by atoms with Crippen molar-refractivity contribution >= 4 is 0 Å². The summed E-state index contributed by atoms with van der Waals surface area (Å²) in [5, 5.41) is 0. The van der Waals surface area contributed by atoms with E-state index in [9.17, 15) is 0 Å². The molecular weight excluding hydrogens is 179 g/mol. The first kappa shape index (κ1) is 14.0. The molecule has 1 heteroatoms. The van der Waals surface area contributed by atoms with E-state index in [2.05, 4.69) is 13.8 Å². The number of hydrogen-bond acceptors (Lipinski definition) is 0. The van der Waals surface area contributed by atoms with Crippen LogP contribution in [-0.4, -0.2) is 0 Å². The molecule has 0 aliphatic heterocycles. The van der Waals surface area contributed by atoms with Crippen LogP contribution in [0.25, 0.3) is 0 Å². The van der Waals surface area contributed by atoms with E-state index in [-0.39, 0.29) is 16.5 Å². The van der Waals surface area contributed by atoms with Gasteiger partial charge in [-0.25, -0.2) is 0 Å². The predicted octanol–water partition coefficient (Wildman–Crippen LogP) is 4.14. The molecule has 0 radical (unpaired) electrons. The average Bonchev–Trinajstić information content (AvgIpc) is 1.97. The predicted molar refractivity (Wildman–Crippen MR) is 48.3 cm³/mol. The second kappa shape index (κ2) is 13.1. The van der Waals surface area contributed by atoms with Crippen LogP contribution >= 0.6 is 0 Å². The Hall–Kier alpha value is 0.494. The van der Waals surface area contributed by atoms with Crippen molar-refractivity contribution in [2.75, 3.05) is 0 Å². The fraction of sp³-hybridized carbons (Fsp3) is 1.00. The van der Waals surface area contributed by atoms with Crippen molar-refractivity contribution in [1.29, 1.82) is 0 Å². The van der Waals surface area contributed by atoms with Gasteiger partial charge in [0.05, 0.1) is 0 Å². The molecule has 0 bridgehead atoms. The summed E-state index contributed by atoms with van der Waals surface area (Å²) < 4.78 is 0. The Bertz CT molecular complexity index is 44.8. The van der Waals surface area contributed by atoms with Gasteiger partial charge in [0.25, 0.3) is 0 Å². The second-order valence-corrected chi connectivity index (χ2v) is 3.12. The normalized spacial score (nSPS) is 9.27. The Morgan fingerprint density at radius 1 is 0.545 bits per heavy atom. The van der Waals surface area contributed by atoms with Crippen LogP contribution in [0, 0.1) is 0 Å². The number of unbranched alkanes of at least 4 members (excludes halogenated alkanes) is 7. The summed E-state index contributed by atoms with van der Waals surface area (Å²) in [7, 11) is 0. The summed E-state index contributed by atoms with van der Waals surface area (Å²) in [4.78, 5) is 0. The maximum absolute atomic E-state index is 2.27. The molecular formula is C10H22Ni. The third kappa shape index (κ3) is 13.5. The van der Waals surface area contributed by atoms with Crippen LogP contribution in [-0.2, 0) is 16.5 Å². The van der Waals surface area contributed by atoms with Gasteiger partial charge in [-0.15, -0.1) is 0 Å². The van der Waals surface area contributed by atoms with Gasteiger partial charge in [0.1, 0.15) is 0 Å². The summed E-state index contributed by atoms with van der Waals surface area (Å²) in [6, 6.07) is 0. The van der Waals surface area contributed by atoms with Gasteiger partial charge in [0, 0.05) is 16.5 Å². The Balaban J connectivity index is 0. The third-order valence-corrected chi connectivity index (χ3v) is 1.96. The van der Waals surface area contributed by atoms with E-state index in [0.29, 0.717) is 0 Å². The number of hydrogen-bond donors (Lipinski definition) is 0. The standard InChI is InChI=1S/C10H22.Ni/c1-3-5-7-9-10-8-6-4-2;/h3-10H2,1-2H3;. The zero-order valence-electron chi connectivity index (χ0n) is 7.97. The molecule has 0 saturated carbocycles. The minimum Gasteiger partial charge on any atom is -0.0654 e. The molecule has 0 aliphatic rings. The van der Waals surface area contributed by atoms with Gasteiger partial charge >= 0.3 is 0 Å². The molecule has 0 unspecified atom stereocenters. The van der Waals surface area contributed by atoms with Gasteiger partial charge < -0.3 is 0 Å². The zero-order valence-corrected chi connectivity index (χ0v) is 8.96. The molecule has 0 atom stereocenters. The molecule has 0 aromatic heterocycles. The topological polar surface area (TPSA) is 0 Å². The molecule has 0 amide bonds. The van der Waals surface area contributed by atoms with Crippen molar-refractivity contribution in [1.82, 2.24) is 0 Å². The minimum atomic E-state index is 0. The molecule has 0 heterocycles. The van der Waals surface area contributed by atoms with E-state index in [1.807, 2.05) is 0 Å². The van der Waals surface area contributed by atoms with E-state index < -0.39 is 0 Å². The SMILES string of the molecule is CCCCCCCCCC.[Ni]. The molecule has 0 spiro atoms. The average molecular weight is 201 g/mol. The van der Waals surface area contributed by atoms with Crippen LogP contribution in [0.15, 0.2) is 0 Å². The molecule has 0 aromatic rings. The molecule has 0 nitrogen and oxygen atoms in total. The van der Waals surface area contributed by atoms with E-state index in [4.69, 9.17) is 0 Å². The fourth-order valence-corrected chi connectivity index (χ4v) is 1.21. The van der Waals surface area contributed by atoms with Crippen molar-refractivity contribution in [2.45, 2.75) is 65.2 Å². The van der Waals surface area contributed by atoms with Crippen LogP contribution < -0.4 is 0 Å². The van der Waals surface area contributed by atoms with Crippen molar-refractivity contribution in [2.24, 2.45) is 0 Å². The Morgan fingerprint density at radius 2 is 0.818 bits per heavy atom. The second-order valence-electron chi connectivity index (χ2n) is 3.12. The van der Waals surface area contributed by atoms with E-state index >= 15 is 0 Å². The van der Waals surface area contributed by atoms with Gasteiger partial charge in [-0.2, -0.15) is 0 Å². The number of rotatable bonds is 7. The van der Waals surface area contributed by atoms with Crippen molar-refractivity contribution in [3.8, 4) is 0 Å². The van der Waals surface area contributed by atoms with E-state index in [1.54, 1.807) is 0 Å². The molecule has 0 N–H and O–H groups in total. The quantitative estimate of drug-likeness (QED) is 0.428. The molecule has 0 rings (SSSR count). The van der Waals surface area contributed by atoms with Gasteiger partial charge in [0.15, 0.2) is 0 Å². The molecule has 0 aliphatic carbocycles. The van der Waals surface area contributed by atoms with Gasteiger partial charge in [-0.1, -0.05) is 65.2 Å².